The van der Waals surface area contributed by atoms with Gasteiger partial charge in [-0.25, -0.2) is 18.7 Å². The third-order valence-electron chi connectivity index (χ3n) is 5.72. The Hall–Kier alpha value is -2.70. The fourth-order valence-electron chi connectivity index (χ4n) is 3.91. The number of hydrogen-bond donors (Lipinski definition) is 3. The highest BCUT2D eigenvalue weighted by Gasteiger charge is 2.22. The summed E-state index contributed by atoms with van der Waals surface area (Å²) in [6, 6.07) is 7.34. The van der Waals surface area contributed by atoms with E-state index in [4.69, 9.17) is 10.5 Å². The summed E-state index contributed by atoms with van der Waals surface area (Å²) in [5, 5.41) is 12.3. The monoisotopic (exact) mass is 580 g/mol. The molecular formula is C24H23F2IN4O3. The first-order valence-corrected chi connectivity index (χ1v) is 11.8. The van der Waals surface area contributed by atoms with Crippen molar-refractivity contribution in [2.24, 2.45) is 0 Å². The molecule has 1 aromatic heterocycles. The SMILES string of the molecule is Nc1ncc(C2CCOCC2)nc1-c1ccc(C(=O)N[C@H](CO)c2cc(F)cc(I)c2)c(F)c1. The van der Waals surface area contributed by atoms with Crippen LogP contribution < -0.4 is 11.1 Å². The molecule has 7 nitrogen and oxygen atoms in total. The van der Waals surface area contributed by atoms with E-state index in [0.29, 0.717) is 33.6 Å². The topological polar surface area (TPSA) is 110 Å². The molecule has 4 rings (SSSR count). The van der Waals surface area contributed by atoms with Crippen LogP contribution in [0.5, 0.6) is 0 Å². The van der Waals surface area contributed by atoms with Crippen molar-refractivity contribution in [3.8, 4) is 11.3 Å². The highest BCUT2D eigenvalue weighted by atomic mass is 127. The Kier molecular flexibility index (Phi) is 7.69. The van der Waals surface area contributed by atoms with Crippen LogP contribution in [0.1, 0.15) is 46.4 Å². The molecule has 1 saturated heterocycles. The molecule has 0 bridgehead atoms. The van der Waals surface area contributed by atoms with Crippen LogP contribution in [0, 0.1) is 15.2 Å². The first-order valence-electron chi connectivity index (χ1n) is 10.7. The van der Waals surface area contributed by atoms with Crippen molar-refractivity contribution in [2.45, 2.75) is 24.8 Å². The van der Waals surface area contributed by atoms with Crippen molar-refractivity contribution in [3.63, 3.8) is 0 Å². The first kappa shape index (κ1) is 24.4. The molecule has 178 valence electrons. The molecule has 4 N–H and O–H groups in total. The van der Waals surface area contributed by atoms with Gasteiger partial charge in [0.1, 0.15) is 23.1 Å². The minimum atomic E-state index is -0.895. The normalized spacial score (nSPS) is 15.2. The molecule has 34 heavy (non-hydrogen) atoms. The van der Waals surface area contributed by atoms with Gasteiger partial charge in [-0.15, -0.1) is 0 Å². The van der Waals surface area contributed by atoms with Crippen molar-refractivity contribution in [2.75, 3.05) is 25.6 Å². The van der Waals surface area contributed by atoms with E-state index in [0.717, 1.165) is 18.5 Å². The molecule has 1 fully saturated rings. The Labute approximate surface area is 208 Å². The second-order valence-electron chi connectivity index (χ2n) is 8.02. The van der Waals surface area contributed by atoms with Gasteiger partial charge in [-0.1, -0.05) is 6.07 Å². The van der Waals surface area contributed by atoms with Gasteiger partial charge in [-0.05, 0) is 71.3 Å². The standard InChI is InChI=1S/C24H23F2IN4O3/c25-16-7-15(8-17(27)10-16)21(12-32)31-24(33)18-2-1-14(9-19(18)26)22-23(28)29-11-20(30-22)13-3-5-34-6-4-13/h1-2,7-11,13,21,32H,3-6,12H2,(H2,28,29)(H,31,33)/t21-/m1/s1. The Balaban J connectivity index is 1.56. The van der Waals surface area contributed by atoms with Crippen molar-refractivity contribution < 1.29 is 23.4 Å². The van der Waals surface area contributed by atoms with Crippen LogP contribution in [0.4, 0.5) is 14.6 Å². The van der Waals surface area contributed by atoms with Crippen LogP contribution in [-0.4, -0.2) is 40.8 Å². The summed E-state index contributed by atoms with van der Waals surface area (Å²) >= 11 is 1.94. The van der Waals surface area contributed by atoms with Crippen molar-refractivity contribution in [1.29, 1.82) is 0 Å². The lowest BCUT2D eigenvalue weighted by Crippen LogP contribution is -2.31. The number of aliphatic hydroxyl groups is 1. The lowest BCUT2D eigenvalue weighted by Gasteiger charge is -2.22. The van der Waals surface area contributed by atoms with Gasteiger partial charge in [0.05, 0.1) is 30.1 Å². The number of anilines is 1. The summed E-state index contributed by atoms with van der Waals surface area (Å²) < 4.78 is 34.7. The number of nitrogens with two attached hydrogens (primary N) is 1. The number of nitrogens with zero attached hydrogens (tertiary/aromatic N) is 2. The molecule has 3 aromatic rings. The lowest BCUT2D eigenvalue weighted by atomic mass is 9.96. The maximum absolute atomic E-state index is 15.0. The minimum absolute atomic E-state index is 0.161. The summed E-state index contributed by atoms with van der Waals surface area (Å²) in [6.45, 7) is 0.818. The zero-order valence-corrected chi connectivity index (χ0v) is 20.3. The van der Waals surface area contributed by atoms with Gasteiger partial charge in [0.15, 0.2) is 0 Å². The van der Waals surface area contributed by atoms with Crippen LogP contribution in [0.3, 0.4) is 0 Å². The van der Waals surface area contributed by atoms with Gasteiger partial charge in [0.25, 0.3) is 5.91 Å². The van der Waals surface area contributed by atoms with E-state index < -0.39 is 30.2 Å². The minimum Gasteiger partial charge on any atom is -0.394 e. The van der Waals surface area contributed by atoms with Gasteiger partial charge >= 0.3 is 0 Å². The molecular weight excluding hydrogens is 557 g/mol. The molecule has 1 aliphatic rings. The number of amides is 1. The van der Waals surface area contributed by atoms with Crippen LogP contribution in [0.2, 0.25) is 0 Å². The zero-order valence-electron chi connectivity index (χ0n) is 18.1. The maximum Gasteiger partial charge on any atom is 0.254 e. The zero-order chi connectivity index (χ0) is 24.2. The van der Waals surface area contributed by atoms with E-state index in [1.807, 2.05) is 22.6 Å². The Morgan fingerprint density at radius 3 is 2.68 bits per heavy atom. The Morgan fingerprint density at radius 2 is 2.00 bits per heavy atom. The largest absolute Gasteiger partial charge is 0.394 e. The Bertz CT molecular complexity index is 1180. The molecule has 0 spiro atoms. The smallest absolute Gasteiger partial charge is 0.254 e. The Morgan fingerprint density at radius 1 is 1.24 bits per heavy atom. The van der Waals surface area contributed by atoms with Crippen LogP contribution in [-0.2, 0) is 4.74 Å². The number of hydrogen-bond acceptors (Lipinski definition) is 6. The van der Waals surface area contributed by atoms with E-state index >= 15 is 0 Å². The number of aliphatic hydroxyl groups excluding tert-OH is 1. The summed E-state index contributed by atoms with van der Waals surface area (Å²) in [5.74, 6) is -1.66. The predicted octanol–water partition coefficient (Wildman–Crippen LogP) is 3.97. The second-order valence-corrected chi connectivity index (χ2v) is 9.27. The number of nitrogens with one attached hydrogen (secondary N) is 1. The highest BCUT2D eigenvalue weighted by molar-refractivity contribution is 14.1. The van der Waals surface area contributed by atoms with E-state index in [1.54, 1.807) is 18.3 Å². The van der Waals surface area contributed by atoms with Gasteiger partial charge in [0.2, 0.25) is 0 Å². The van der Waals surface area contributed by atoms with Gasteiger partial charge in [-0.3, -0.25) is 4.79 Å². The van der Waals surface area contributed by atoms with E-state index in [9.17, 15) is 18.7 Å². The molecule has 0 aliphatic carbocycles. The van der Waals surface area contributed by atoms with E-state index in [1.165, 1.54) is 24.3 Å². The van der Waals surface area contributed by atoms with E-state index in [-0.39, 0.29) is 17.3 Å². The molecule has 0 saturated carbocycles. The van der Waals surface area contributed by atoms with Gasteiger partial charge < -0.3 is 20.9 Å². The molecule has 1 aliphatic heterocycles. The molecule has 2 aromatic carbocycles. The maximum atomic E-state index is 15.0. The summed E-state index contributed by atoms with van der Waals surface area (Å²) in [5.41, 5.74) is 7.68. The summed E-state index contributed by atoms with van der Waals surface area (Å²) in [6.07, 6.45) is 3.28. The number of nitrogen functional groups attached to an aromatic ring is 1. The van der Waals surface area contributed by atoms with Crippen LogP contribution in [0.25, 0.3) is 11.3 Å². The average Bonchev–Trinajstić information content (AvgIpc) is 2.82. The molecule has 1 atom stereocenters. The molecule has 0 unspecified atom stereocenters. The third-order valence-corrected chi connectivity index (χ3v) is 6.34. The quantitative estimate of drug-likeness (QED) is 0.381. The fourth-order valence-corrected chi connectivity index (χ4v) is 4.56. The van der Waals surface area contributed by atoms with Crippen LogP contribution in [0.15, 0.2) is 42.6 Å². The number of carbonyl (C=O) groups is 1. The van der Waals surface area contributed by atoms with E-state index in [2.05, 4.69) is 15.3 Å². The number of rotatable bonds is 6. The van der Waals surface area contributed by atoms with Crippen molar-refractivity contribution in [1.82, 2.24) is 15.3 Å². The number of halogens is 3. The number of carbonyl (C=O) groups excluding carboxylic acids is 1. The molecule has 2 heterocycles. The number of ether oxygens (including phenoxy) is 1. The second kappa shape index (κ2) is 10.7. The third kappa shape index (κ3) is 5.50. The first-order chi connectivity index (χ1) is 16.4. The average molecular weight is 580 g/mol. The van der Waals surface area contributed by atoms with Crippen LogP contribution >= 0.6 is 22.6 Å². The van der Waals surface area contributed by atoms with Crippen molar-refractivity contribution in [3.05, 3.63) is 74.6 Å². The van der Waals surface area contributed by atoms with Gasteiger partial charge in [0, 0.05) is 28.3 Å². The molecule has 0 radical (unpaired) electrons. The number of benzene rings is 2. The highest BCUT2D eigenvalue weighted by Crippen LogP contribution is 2.30. The lowest BCUT2D eigenvalue weighted by molar-refractivity contribution is 0.0844. The summed E-state index contributed by atoms with van der Waals surface area (Å²) in [4.78, 5) is 21.6. The predicted molar refractivity (Wildman–Crippen MR) is 131 cm³/mol. The fraction of sp³-hybridized carbons (Fsp3) is 0.292. The summed E-state index contributed by atoms with van der Waals surface area (Å²) in [7, 11) is 0. The van der Waals surface area contributed by atoms with Gasteiger partial charge in [-0.2, -0.15) is 0 Å². The molecule has 1 amide bonds. The molecule has 10 heteroatoms. The number of aromatic nitrogens is 2. The van der Waals surface area contributed by atoms with Crippen molar-refractivity contribution >= 4 is 34.3 Å².